The maximum atomic E-state index is 12.4. The van der Waals surface area contributed by atoms with E-state index in [9.17, 15) is 4.79 Å². The van der Waals surface area contributed by atoms with Gasteiger partial charge in [0.05, 0.1) is 23.5 Å². The molecule has 4 rings (SSSR count). The van der Waals surface area contributed by atoms with Crippen LogP contribution in [-0.4, -0.2) is 37.0 Å². The molecule has 1 amide bonds. The average molecular weight is 410 g/mol. The van der Waals surface area contributed by atoms with E-state index in [-0.39, 0.29) is 5.91 Å². The monoisotopic (exact) mass is 409 g/mol. The molecule has 5 nitrogen and oxygen atoms in total. The molecule has 6 heteroatoms. The number of carbonyl (C=O) groups is 1. The Morgan fingerprint density at radius 3 is 2.59 bits per heavy atom. The molecule has 1 fully saturated rings. The first-order valence-electron chi connectivity index (χ1n) is 9.80. The Hall–Kier alpha value is -2.76. The van der Waals surface area contributed by atoms with E-state index in [2.05, 4.69) is 27.2 Å². The number of carbonyl (C=O) groups excluding carboxylic acids is 1. The summed E-state index contributed by atoms with van der Waals surface area (Å²) in [6, 6.07) is 19.5. The highest BCUT2D eigenvalue weighted by atomic mass is 35.5. The lowest BCUT2D eigenvalue weighted by molar-refractivity contribution is 0.0948. The number of para-hydroxylation sites is 1. The van der Waals surface area contributed by atoms with Gasteiger partial charge in [-0.2, -0.15) is 0 Å². The minimum Gasteiger partial charge on any atom is -0.467 e. The highest BCUT2D eigenvalue weighted by Gasteiger charge is 2.19. The molecule has 1 aliphatic rings. The third kappa shape index (κ3) is 5.00. The second kappa shape index (κ2) is 9.16. The van der Waals surface area contributed by atoms with Crippen LogP contribution >= 0.6 is 11.6 Å². The standard InChI is InChI=1S/C23H24ClN3O2/c24-21-8-1-2-9-22(21)27-12-10-26(11-13-27)17-18-5-3-6-19(15-18)23(28)25-16-20-7-4-14-29-20/h1-9,14-15H,10-13,16-17H2,(H,25,28). The van der Waals surface area contributed by atoms with E-state index in [1.807, 2.05) is 48.5 Å². The Kier molecular flexibility index (Phi) is 6.17. The van der Waals surface area contributed by atoms with Gasteiger partial charge in [-0.1, -0.05) is 35.9 Å². The number of benzene rings is 2. The first-order valence-corrected chi connectivity index (χ1v) is 10.2. The molecule has 0 atom stereocenters. The van der Waals surface area contributed by atoms with Crippen molar-refractivity contribution < 1.29 is 9.21 Å². The first-order chi connectivity index (χ1) is 14.2. The number of furan rings is 1. The van der Waals surface area contributed by atoms with Crippen molar-refractivity contribution in [2.45, 2.75) is 13.1 Å². The molecule has 0 unspecified atom stereocenters. The van der Waals surface area contributed by atoms with Crippen molar-refractivity contribution >= 4 is 23.2 Å². The minimum atomic E-state index is -0.0909. The molecule has 3 aromatic rings. The molecule has 0 radical (unpaired) electrons. The van der Waals surface area contributed by atoms with Crippen molar-refractivity contribution in [3.63, 3.8) is 0 Å². The first kappa shape index (κ1) is 19.6. The number of hydrogen-bond donors (Lipinski definition) is 1. The molecule has 1 aliphatic heterocycles. The summed E-state index contributed by atoms with van der Waals surface area (Å²) in [4.78, 5) is 17.2. The van der Waals surface area contributed by atoms with Gasteiger partial charge < -0.3 is 14.6 Å². The fourth-order valence-corrected chi connectivity index (χ4v) is 3.86. The van der Waals surface area contributed by atoms with Gasteiger partial charge in [0.1, 0.15) is 5.76 Å². The lowest BCUT2D eigenvalue weighted by atomic mass is 10.1. The number of nitrogens with zero attached hydrogens (tertiary/aromatic N) is 2. The number of rotatable bonds is 6. The molecule has 150 valence electrons. The van der Waals surface area contributed by atoms with E-state index in [4.69, 9.17) is 16.0 Å². The Bertz CT molecular complexity index is 950. The van der Waals surface area contributed by atoms with Gasteiger partial charge in [-0.05, 0) is 42.0 Å². The molecule has 1 N–H and O–H groups in total. The normalized spacial score (nSPS) is 14.7. The summed E-state index contributed by atoms with van der Waals surface area (Å²) in [5, 5.41) is 3.70. The minimum absolute atomic E-state index is 0.0909. The Labute approximate surface area is 175 Å². The molecule has 2 aromatic carbocycles. The van der Waals surface area contributed by atoms with Gasteiger partial charge >= 0.3 is 0 Å². The summed E-state index contributed by atoms with van der Waals surface area (Å²) in [5.74, 6) is 0.651. The molecule has 1 aromatic heterocycles. The Balaban J connectivity index is 1.31. The number of anilines is 1. The average Bonchev–Trinajstić information content (AvgIpc) is 3.27. The van der Waals surface area contributed by atoms with E-state index in [1.54, 1.807) is 6.26 Å². The van der Waals surface area contributed by atoms with Crippen molar-refractivity contribution in [1.29, 1.82) is 0 Å². The molecule has 29 heavy (non-hydrogen) atoms. The fourth-order valence-electron chi connectivity index (χ4n) is 3.61. The molecule has 0 spiro atoms. The Morgan fingerprint density at radius 2 is 1.83 bits per heavy atom. The van der Waals surface area contributed by atoms with E-state index >= 15 is 0 Å². The second-order valence-electron chi connectivity index (χ2n) is 7.18. The number of piperazine rings is 1. The molecule has 0 aliphatic carbocycles. The lowest BCUT2D eigenvalue weighted by Crippen LogP contribution is -2.46. The van der Waals surface area contributed by atoms with Crippen molar-refractivity contribution in [1.82, 2.24) is 10.2 Å². The molecule has 2 heterocycles. The van der Waals surface area contributed by atoms with Gasteiger partial charge in [-0.15, -0.1) is 0 Å². The number of hydrogen-bond acceptors (Lipinski definition) is 4. The van der Waals surface area contributed by atoms with Crippen molar-refractivity contribution in [3.8, 4) is 0 Å². The van der Waals surface area contributed by atoms with Gasteiger partial charge in [0.15, 0.2) is 0 Å². The maximum Gasteiger partial charge on any atom is 0.251 e. The van der Waals surface area contributed by atoms with Gasteiger partial charge in [0.2, 0.25) is 0 Å². The summed E-state index contributed by atoms with van der Waals surface area (Å²) < 4.78 is 5.26. The van der Waals surface area contributed by atoms with Gasteiger partial charge in [0, 0.05) is 38.3 Å². The van der Waals surface area contributed by atoms with Crippen LogP contribution in [0.2, 0.25) is 5.02 Å². The maximum absolute atomic E-state index is 12.4. The van der Waals surface area contributed by atoms with Crippen LogP contribution in [0.4, 0.5) is 5.69 Å². The fraction of sp³-hybridized carbons (Fsp3) is 0.261. The lowest BCUT2D eigenvalue weighted by Gasteiger charge is -2.36. The van der Waals surface area contributed by atoms with E-state index < -0.39 is 0 Å². The summed E-state index contributed by atoms with van der Waals surface area (Å²) in [5.41, 5.74) is 2.91. The highest BCUT2D eigenvalue weighted by molar-refractivity contribution is 6.33. The largest absolute Gasteiger partial charge is 0.467 e. The summed E-state index contributed by atoms with van der Waals surface area (Å²) in [6.07, 6.45) is 1.60. The topological polar surface area (TPSA) is 48.7 Å². The van der Waals surface area contributed by atoms with Crippen molar-refractivity contribution in [2.75, 3.05) is 31.1 Å². The highest BCUT2D eigenvalue weighted by Crippen LogP contribution is 2.26. The third-order valence-electron chi connectivity index (χ3n) is 5.16. The molecule has 0 bridgehead atoms. The van der Waals surface area contributed by atoms with Crippen LogP contribution in [0, 0.1) is 0 Å². The summed E-state index contributed by atoms with van der Waals surface area (Å²) in [6.45, 7) is 5.01. The predicted octanol–water partition coefficient (Wildman–Crippen LogP) is 4.19. The van der Waals surface area contributed by atoms with Crippen LogP contribution in [0.5, 0.6) is 0 Å². The van der Waals surface area contributed by atoms with E-state index in [0.29, 0.717) is 12.1 Å². The SMILES string of the molecule is O=C(NCc1ccco1)c1cccc(CN2CCN(c3ccccc3Cl)CC2)c1. The summed E-state index contributed by atoms with van der Waals surface area (Å²) in [7, 11) is 0. The third-order valence-corrected chi connectivity index (χ3v) is 5.48. The van der Waals surface area contributed by atoms with Crippen molar-refractivity contribution in [2.24, 2.45) is 0 Å². The van der Waals surface area contributed by atoms with Crippen LogP contribution in [0.25, 0.3) is 0 Å². The smallest absolute Gasteiger partial charge is 0.251 e. The van der Waals surface area contributed by atoms with Gasteiger partial charge in [-0.3, -0.25) is 9.69 Å². The van der Waals surface area contributed by atoms with Crippen LogP contribution in [-0.2, 0) is 13.1 Å². The quantitative estimate of drug-likeness (QED) is 0.663. The predicted molar refractivity (Wildman–Crippen MR) is 115 cm³/mol. The Morgan fingerprint density at radius 1 is 1.00 bits per heavy atom. The zero-order valence-electron chi connectivity index (χ0n) is 16.2. The summed E-state index contributed by atoms with van der Waals surface area (Å²) >= 11 is 6.33. The second-order valence-corrected chi connectivity index (χ2v) is 7.58. The van der Waals surface area contributed by atoms with Crippen LogP contribution in [0.15, 0.2) is 71.3 Å². The molecule has 0 saturated carbocycles. The van der Waals surface area contributed by atoms with Crippen molar-refractivity contribution in [3.05, 3.63) is 88.8 Å². The zero-order valence-corrected chi connectivity index (χ0v) is 16.9. The number of halogens is 1. The zero-order chi connectivity index (χ0) is 20.1. The molecule has 1 saturated heterocycles. The molecular formula is C23H24ClN3O2. The number of nitrogens with one attached hydrogen (secondary N) is 1. The van der Waals surface area contributed by atoms with E-state index in [0.717, 1.165) is 54.8 Å². The van der Waals surface area contributed by atoms with Crippen LogP contribution in [0.3, 0.4) is 0 Å². The van der Waals surface area contributed by atoms with Crippen LogP contribution < -0.4 is 10.2 Å². The molecular weight excluding hydrogens is 386 g/mol. The van der Waals surface area contributed by atoms with Gasteiger partial charge in [-0.25, -0.2) is 0 Å². The van der Waals surface area contributed by atoms with Crippen LogP contribution in [0.1, 0.15) is 21.7 Å². The number of amides is 1. The van der Waals surface area contributed by atoms with Gasteiger partial charge in [0.25, 0.3) is 5.91 Å². The van der Waals surface area contributed by atoms with E-state index in [1.165, 1.54) is 0 Å².